The van der Waals surface area contributed by atoms with Gasteiger partial charge in [-0.2, -0.15) is 0 Å². The first-order chi connectivity index (χ1) is 14.1. The van der Waals surface area contributed by atoms with Gasteiger partial charge in [-0.1, -0.05) is 51.3 Å². The summed E-state index contributed by atoms with van der Waals surface area (Å²) < 4.78 is 36.1. The standard InChI is InChI=1S/C26H32F2O/c1-3-5-15-29-24-14-13-21-20-12-11-19(18-9-7-17(6-4-2)8-10-18)25(27)22(20)16-23(21)26(24)28/h11-14,17-18H,3-10,15-16H2,1-2H3. The summed E-state index contributed by atoms with van der Waals surface area (Å²) in [7, 11) is 0. The summed E-state index contributed by atoms with van der Waals surface area (Å²) in [4.78, 5) is 0. The monoisotopic (exact) mass is 398 g/mol. The Balaban J connectivity index is 1.56. The highest BCUT2D eigenvalue weighted by Crippen LogP contribution is 2.45. The third-order valence-corrected chi connectivity index (χ3v) is 6.86. The van der Waals surface area contributed by atoms with Gasteiger partial charge in [0.05, 0.1) is 6.61 Å². The molecular formula is C26H32F2O. The van der Waals surface area contributed by atoms with Crippen LogP contribution in [-0.4, -0.2) is 6.61 Å². The molecule has 0 bridgehead atoms. The second-order valence-electron chi connectivity index (χ2n) is 8.78. The zero-order valence-electron chi connectivity index (χ0n) is 17.7. The normalized spacial score (nSPS) is 20.4. The second-order valence-corrected chi connectivity index (χ2v) is 8.78. The smallest absolute Gasteiger partial charge is 0.169 e. The number of halogens is 2. The first-order valence-electron chi connectivity index (χ1n) is 11.4. The van der Waals surface area contributed by atoms with Gasteiger partial charge >= 0.3 is 0 Å². The largest absolute Gasteiger partial charge is 0.491 e. The average molecular weight is 399 g/mol. The zero-order chi connectivity index (χ0) is 20.4. The van der Waals surface area contributed by atoms with Crippen LogP contribution in [0.5, 0.6) is 5.75 Å². The zero-order valence-corrected chi connectivity index (χ0v) is 17.7. The molecule has 1 nitrogen and oxygen atoms in total. The Morgan fingerprint density at radius 2 is 1.55 bits per heavy atom. The predicted octanol–water partition coefficient (Wildman–Crippen LogP) is 7.79. The molecule has 0 saturated heterocycles. The van der Waals surface area contributed by atoms with E-state index in [0.29, 0.717) is 35.8 Å². The number of fused-ring (bicyclic) bond motifs is 3. The molecule has 2 aromatic carbocycles. The molecule has 0 heterocycles. The van der Waals surface area contributed by atoms with Crippen molar-refractivity contribution in [2.75, 3.05) is 6.61 Å². The molecule has 2 aliphatic carbocycles. The highest BCUT2D eigenvalue weighted by molar-refractivity contribution is 5.78. The Bertz CT molecular complexity index is 865. The Morgan fingerprint density at radius 3 is 2.24 bits per heavy atom. The van der Waals surface area contributed by atoms with Crippen molar-refractivity contribution in [1.82, 2.24) is 0 Å². The molecule has 29 heavy (non-hydrogen) atoms. The van der Waals surface area contributed by atoms with E-state index in [0.717, 1.165) is 48.3 Å². The maximum atomic E-state index is 15.5. The number of unbranched alkanes of at least 4 members (excludes halogenated alkanes) is 1. The van der Waals surface area contributed by atoms with Crippen LogP contribution in [0.1, 0.15) is 87.8 Å². The van der Waals surface area contributed by atoms with Gasteiger partial charge in [-0.3, -0.25) is 0 Å². The van der Waals surface area contributed by atoms with E-state index in [-0.39, 0.29) is 11.6 Å². The van der Waals surface area contributed by atoms with Crippen molar-refractivity contribution in [3.8, 4) is 16.9 Å². The Hall–Kier alpha value is -1.90. The second kappa shape index (κ2) is 8.85. The summed E-state index contributed by atoms with van der Waals surface area (Å²) >= 11 is 0. The van der Waals surface area contributed by atoms with Crippen molar-refractivity contribution in [2.24, 2.45) is 5.92 Å². The molecule has 1 saturated carbocycles. The number of benzene rings is 2. The van der Waals surface area contributed by atoms with Crippen LogP contribution in [0.2, 0.25) is 0 Å². The van der Waals surface area contributed by atoms with Crippen LogP contribution in [0, 0.1) is 17.6 Å². The molecule has 156 valence electrons. The molecular weight excluding hydrogens is 366 g/mol. The minimum atomic E-state index is -0.323. The van der Waals surface area contributed by atoms with Gasteiger partial charge in [-0.15, -0.1) is 0 Å². The van der Waals surface area contributed by atoms with E-state index in [1.807, 2.05) is 18.2 Å². The van der Waals surface area contributed by atoms with E-state index in [1.54, 1.807) is 6.07 Å². The van der Waals surface area contributed by atoms with E-state index < -0.39 is 0 Å². The molecule has 0 unspecified atom stereocenters. The molecule has 0 aliphatic heterocycles. The first kappa shape index (κ1) is 20.4. The molecule has 0 atom stereocenters. The quantitative estimate of drug-likeness (QED) is 0.369. The molecule has 2 aromatic rings. The third kappa shape index (κ3) is 3.93. The Kier molecular flexibility index (Phi) is 6.22. The lowest BCUT2D eigenvalue weighted by atomic mass is 9.76. The Labute approximate surface area is 173 Å². The van der Waals surface area contributed by atoms with E-state index in [1.165, 1.54) is 25.7 Å². The summed E-state index contributed by atoms with van der Waals surface area (Å²) in [5.41, 5.74) is 3.75. The van der Waals surface area contributed by atoms with Crippen molar-refractivity contribution in [3.05, 3.63) is 52.6 Å². The van der Waals surface area contributed by atoms with Crippen LogP contribution < -0.4 is 4.74 Å². The van der Waals surface area contributed by atoms with Gasteiger partial charge in [0, 0.05) is 17.5 Å². The van der Waals surface area contributed by atoms with E-state index >= 15 is 8.78 Å². The molecule has 0 spiro atoms. The summed E-state index contributed by atoms with van der Waals surface area (Å²) in [5.74, 6) is 0.967. The lowest BCUT2D eigenvalue weighted by molar-refractivity contribution is 0.293. The van der Waals surface area contributed by atoms with Gasteiger partial charge in [0.1, 0.15) is 5.82 Å². The van der Waals surface area contributed by atoms with E-state index in [9.17, 15) is 0 Å². The van der Waals surface area contributed by atoms with Gasteiger partial charge < -0.3 is 4.74 Å². The molecule has 0 amide bonds. The van der Waals surface area contributed by atoms with Crippen LogP contribution >= 0.6 is 0 Å². The lowest BCUT2D eigenvalue weighted by Crippen LogP contribution is -2.14. The third-order valence-electron chi connectivity index (χ3n) is 6.86. The molecule has 0 radical (unpaired) electrons. The van der Waals surface area contributed by atoms with Crippen molar-refractivity contribution >= 4 is 0 Å². The SMILES string of the molecule is CCCCOc1ccc2c(c1F)Cc1c-2ccc(C2CCC(CCC)CC2)c1F. The summed E-state index contributed by atoms with van der Waals surface area (Å²) in [6, 6.07) is 7.55. The fourth-order valence-electron chi connectivity index (χ4n) is 5.19. The molecule has 0 N–H and O–H groups in total. The minimum absolute atomic E-state index is 0.106. The van der Waals surface area contributed by atoms with Crippen molar-refractivity contribution in [1.29, 1.82) is 0 Å². The van der Waals surface area contributed by atoms with Gasteiger partial charge in [0.25, 0.3) is 0 Å². The van der Waals surface area contributed by atoms with Crippen molar-refractivity contribution in [2.45, 2.75) is 77.6 Å². The predicted molar refractivity (Wildman–Crippen MR) is 115 cm³/mol. The van der Waals surface area contributed by atoms with Gasteiger partial charge in [0.2, 0.25) is 0 Å². The minimum Gasteiger partial charge on any atom is -0.491 e. The molecule has 1 fully saturated rings. The molecule has 2 aliphatic rings. The summed E-state index contributed by atoms with van der Waals surface area (Å²) in [5, 5.41) is 0. The summed E-state index contributed by atoms with van der Waals surface area (Å²) in [6.45, 7) is 4.83. The molecule has 0 aromatic heterocycles. The van der Waals surface area contributed by atoms with Crippen molar-refractivity contribution in [3.63, 3.8) is 0 Å². The fourth-order valence-corrected chi connectivity index (χ4v) is 5.19. The number of rotatable bonds is 7. The van der Waals surface area contributed by atoms with Crippen LogP contribution in [-0.2, 0) is 6.42 Å². The first-order valence-corrected chi connectivity index (χ1v) is 11.4. The Morgan fingerprint density at radius 1 is 0.862 bits per heavy atom. The van der Waals surface area contributed by atoms with Crippen LogP contribution in [0.15, 0.2) is 24.3 Å². The summed E-state index contributed by atoms with van der Waals surface area (Å²) in [6.07, 6.45) is 9.28. The van der Waals surface area contributed by atoms with Crippen LogP contribution in [0.3, 0.4) is 0 Å². The maximum absolute atomic E-state index is 15.5. The molecule has 4 rings (SSSR count). The highest BCUT2D eigenvalue weighted by atomic mass is 19.1. The number of hydrogen-bond donors (Lipinski definition) is 0. The fraction of sp³-hybridized carbons (Fsp3) is 0.538. The lowest BCUT2D eigenvalue weighted by Gasteiger charge is -2.29. The van der Waals surface area contributed by atoms with E-state index in [2.05, 4.69) is 13.8 Å². The average Bonchev–Trinajstić information content (AvgIpc) is 3.12. The van der Waals surface area contributed by atoms with Gasteiger partial charge in [0.15, 0.2) is 11.6 Å². The number of ether oxygens (including phenoxy) is 1. The number of hydrogen-bond acceptors (Lipinski definition) is 1. The maximum Gasteiger partial charge on any atom is 0.169 e. The van der Waals surface area contributed by atoms with E-state index in [4.69, 9.17) is 4.74 Å². The molecule has 3 heteroatoms. The van der Waals surface area contributed by atoms with Crippen LogP contribution in [0.4, 0.5) is 8.78 Å². The van der Waals surface area contributed by atoms with Crippen LogP contribution in [0.25, 0.3) is 11.1 Å². The van der Waals surface area contributed by atoms with Crippen molar-refractivity contribution < 1.29 is 13.5 Å². The van der Waals surface area contributed by atoms with Gasteiger partial charge in [-0.25, -0.2) is 8.78 Å². The highest BCUT2D eigenvalue weighted by Gasteiger charge is 2.30. The van der Waals surface area contributed by atoms with Gasteiger partial charge in [-0.05, 0) is 66.7 Å². The topological polar surface area (TPSA) is 9.23 Å².